The largest absolute Gasteiger partial charge is 0.0801 e. The summed E-state index contributed by atoms with van der Waals surface area (Å²) in [7, 11) is -0.446. The number of benzene rings is 4. The standard InChI is InChI=1S/C19H24.C18H15P/c1-18(2)11-12-19(3,4)17-13-15(9-10-16(17)18)14-7-5-6-8-14;1-4-10-16(11-5-1)19(17-12-6-2-7-13-17)18-14-8-3-9-15-18/h5-7,9-10,13H,8,11-12H2,1-4H3;1-15H. The highest BCUT2D eigenvalue weighted by Crippen LogP contribution is 2.46. The minimum absolute atomic E-state index is 0.313. The van der Waals surface area contributed by atoms with Crippen molar-refractivity contribution in [2.75, 3.05) is 0 Å². The molecule has 4 aromatic carbocycles. The number of hydrogen-bond donors (Lipinski definition) is 0. The van der Waals surface area contributed by atoms with Gasteiger partial charge in [0.1, 0.15) is 0 Å². The van der Waals surface area contributed by atoms with Gasteiger partial charge in [-0.15, -0.1) is 0 Å². The second-order valence-corrected chi connectivity index (χ2v) is 13.9. The van der Waals surface area contributed by atoms with Crippen molar-refractivity contribution < 1.29 is 0 Å². The molecule has 0 aliphatic heterocycles. The van der Waals surface area contributed by atoms with Crippen LogP contribution in [-0.2, 0) is 10.8 Å². The summed E-state index contributed by atoms with van der Waals surface area (Å²) in [6, 6.07) is 39.5. The fourth-order valence-corrected chi connectivity index (χ4v) is 7.93. The maximum absolute atomic E-state index is 2.45. The van der Waals surface area contributed by atoms with Crippen LogP contribution in [0.1, 0.15) is 63.6 Å². The Balaban J connectivity index is 0.000000155. The first-order valence-electron chi connectivity index (χ1n) is 13.8. The van der Waals surface area contributed by atoms with Crippen molar-refractivity contribution >= 4 is 29.4 Å². The van der Waals surface area contributed by atoms with Gasteiger partial charge in [0.15, 0.2) is 0 Å². The first-order valence-corrected chi connectivity index (χ1v) is 15.2. The molecular weight excluding hydrogens is 475 g/mol. The molecule has 1 heteroatoms. The van der Waals surface area contributed by atoms with Crippen LogP contribution < -0.4 is 15.9 Å². The lowest BCUT2D eigenvalue weighted by Gasteiger charge is -2.42. The molecule has 6 rings (SSSR count). The van der Waals surface area contributed by atoms with Gasteiger partial charge in [-0.2, -0.15) is 0 Å². The Morgan fingerprint density at radius 2 is 1.03 bits per heavy atom. The van der Waals surface area contributed by atoms with Gasteiger partial charge >= 0.3 is 0 Å². The van der Waals surface area contributed by atoms with Gasteiger partial charge in [0.2, 0.25) is 0 Å². The second kappa shape index (κ2) is 11.3. The molecule has 0 fully saturated rings. The summed E-state index contributed by atoms with van der Waals surface area (Å²) in [4.78, 5) is 0. The summed E-state index contributed by atoms with van der Waals surface area (Å²) in [6.07, 6.45) is 10.3. The molecule has 0 radical (unpaired) electrons. The Labute approximate surface area is 230 Å². The maximum Gasteiger partial charge on any atom is -0.00884 e. The lowest BCUT2D eigenvalue weighted by Crippen LogP contribution is -2.33. The average molecular weight is 515 g/mol. The van der Waals surface area contributed by atoms with E-state index in [9.17, 15) is 0 Å². The molecule has 0 saturated heterocycles. The molecule has 0 amide bonds. The molecule has 192 valence electrons. The predicted octanol–water partition coefficient (Wildman–Crippen LogP) is 8.82. The van der Waals surface area contributed by atoms with E-state index in [2.05, 4.69) is 155 Å². The summed E-state index contributed by atoms with van der Waals surface area (Å²) in [5.74, 6) is 0. The van der Waals surface area contributed by atoms with E-state index in [-0.39, 0.29) is 0 Å². The lowest BCUT2D eigenvalue weighted by molar-refractivity contribution is 0.332. The van der Waals surface area contributed by atoms with Crippen LogP contribution >= 0.6 is 7.92 Å². The van der Waals surface area contributed by atoms with Gasteiger partial charge in [-0.05, 0) is 76.2 Å². The second-order valence-electron chi connectivity index (χ2n) is 11.7. The zero-order valence-electron chi connectivity index (χ0n) is 23.2. The molecule has 0 bridgehead atoms. The molecule has 38 heavy (non-hydrogen) atoms. The molecule has 0 saturated carbocycles. The van der Waals surface area contributed by atoms with E-state index in [0.717, 1.165) is 6.42 Å². The Morgan fingerprint density at radius 3 is 1.47 bits per heavy atom. The summed E-state index contributed by atoms with van der Waals surface area (Å²) in [5.41, 5.74) is 6.63. The number of allylic oxidation sites excluding steroid dienone is 4. The van der Waals surface area contributed by atoms with E-state index < -0.39 is 7.92 Å². The SMILES string of the molecule is CC1(C)CCC(C)(C)c2cc(C3=CC=CC3)ccc21.c1ccc(P(c2ccccc2)c2ccccc2)cc1. The fourth-order valence-electron chi connectivity index (χ4n) is 5.63. The van der Waals surface area contributed by atoms with Crippen LogP contribution in [0.2, 0.25) is 0 Å². The minimum Gasteiger partial charge on any atom is -0.0801 e. The highest BCUT2D eigenvalue weighted by molar-refractivity contribution is 7.79. The van der Waals surface area contributed by atoms with Crippen molar-refractivity contribution in [3.8, 4) is 0 Å². The van der Waals surface area contributed by atoms with E-state index in [1.807, 2.05) is 0 Å². The number of hydrogen-bond acceptors (Lipinski definition) is 0. The van der Waals surface area contributed by atoms with E-state index in [1.54, 1.807) is 11.1 Å². The number of fused-ring (bicyclic) bond motifs is 1. The van der Waals surface area contributed by atoms with E-state index in [4.69, 9.17) is 0 Å². The molecule has 2 aliphatic carbocycles. The van der Waals surface area contributed by atoms with E-state index in [1.165, 1.54) is 39.9 Å². The van der Waals surface area contributed by atoms with Crippen LogP contribution in [0, 0.1) is 0 Å². The van der Waals surface area contributed by atoms with Gasteiger partial charge < -0.3 is 0 Å². The molecule has 0 N–H and O–H groups in total. The Morgan fingerprint density at radius 1 is 0.553 bits per heavy atom. The molecule has 0 spiro atoms. The van der Waals surface area contributed by atoms with Crippen LogP contribution in [0.25, 0.3) is 5.57 Å². The van der Waals surface area contributed by atoms with Crippen molar-refractivity contribution in [2.45, 2.75) is 57.8 Å². The molecule has 0 heterocycles. The zero-order chi connectivity index (χ0) is 26.6. The van der Waals surface area contributed by atoms with Gasteiger partial charge in [-0.25, -0.2) is 0 Å². The Kier molecular flexibility index (Phi) is 7.83. The van der Waals surface area contributed by atoms with Gasteiger partial charge in [-0.3, -0.25) is 0 Å². The van der Waals surface area contributed by atoms with Crippen molar-refractivity contribution in [3.05, 3.63) is 144 Å². The molecule has 2 aliphatic rings. The monoisotopic (exact) mass is 514 g/mol. The summed E-state index contributed by atoms with van der Waals surface area (Å²) < 4.78 is 0. The van der Waals surface area contributed by atoms with Crippen LogP contribution in [0.15, 0.2) is 127 Å². The highest BCUT2D eigenvalue weighted by atomic mass is 31.1. The average Bonchev–Trinajstić information content (AvgIpc) is 3.49. The molecular formula is C37H39P. The highest BCUT2D eigenvalue weighted by Gasteiger charge is 2.37. The normalized spacial score (nSPS) is 16.8. The third-order valence-electron chi connectivity index (χ3n) is 8.04. The molecule has 0 unspecified atom stereocenters. The van der Waals surface area contributed by atoms with Crippen LogP contribution in [0.5, 0.6) is 0 Å². The molecule has 0 aromatic heterocycles. The van der Waals surface area contributed by atoms with Gasteiger partial charge in [0.25, 0.3) is 0 Å². The lowest BCUT2D eigenvalue weighted by atomic mass is 9.63. The van der Waals surface area contributed by atoms with Crippen molar-refractivity contribution in [3.63, 3.8) is 0 Å². The van der Waals surface area contributed by atoms with Gasteiger partial charge in [0.05, 0.1) is 0 Å². The van der Waals surface area contributed by atoms with Gasteiger partial charge in [0, 0.05) is 0 Å². The van der Waals surface area contributed by atoms with E-state index >= 15 is 0 Å². The minimum atomic E-state index is -0.446. The van der Waals surface area contributed by atoms with Gasteiger partial charge in [-0.1, -0.05) is 155 Å². The summed E-state index contributed by atoms with van der Waals surface area (Å²) in [6.45, 7) is 9.56. The third kappa shape index (κ3) is 5.77. The quantitative estimate of drug-likeness (QED) is 0.239. The van der Waals surface area contributed by atoms with Crippen LogP contribution in [0.4, 0.5) is 0 Å². The Hall–Kier alpha value is -3.21. The van der Waals surface area contributed by atoms with Crippen molar-refractivity contribution in [1.29, 1.82) is 0 Å². The summed E-state index contributed by atoms with van der Waals surface area (Å²) in [5, 5.41) is 4.19. The topological polar surface area (TPSA) is 0 Å². The number of rotatable bonds is 4. The Bertz CT molecular complexity index is 1320. The first kappa shape index (κ1) is 26.4. The van der Waals surface area contributed by atoms with Crippen LogP contribution in [0.3, 0.4) is 0 Å². The van der Waals surface area contributed by atoms with Crippen molar-refractivity contribution in [1.82, 2.24) is 0 Å². The smallest absolute Gasteiger partial charge is 0.00884 e. The summed E-state index contributed by atoms with van der Waals surface area (Å²) >= 11 is 0. The van der Waals surface area contributed by atoms with Crippen LogP contribution in [-0.4, -0.2) is 0 Å². The van der Waals surface area contributed by atoms with E-state index in [0.29, 0.717) is 10.8 Å². The molecule has 4 aromatic rings. The first-order chi connectivity index (χ1) is 18.4. The van der Waals surface area contributed by atoms with Crippen molar-refractivity contribution in [2.24, 2.45) is 0 Å². The fraction of sp³-hybridized carbons (Fsp3) is 0.243. The predicted molar refractivity (Wildman–Crippen MR) is 169 cm³/mol. The maximum atomic E-state index is 2.45. The molecule has 0 atom stereocenters. The zero-order valence-corrected chi connectivity index (χ0v) is 24.1. The third-order valence-corrected chi connectivity index (χ3v) is 10.5. The molecule has 0 nitrogen and oxygen atoms in total.